The van der Waals surface area contributed by atoms with Crippen molar-refractivity contribution in [1.29, 1.82) is 0 Å². The number of carboxylic acid groups (broad SMARTS) is 1. The van der Waals surface area contributed by atoms with Crippen molar-refractivity contribution in [2.24, 2.45) is 0 Å². The molecule has 0 saturated heterocycles. The first-order chi connectivity index (χ1) is 37.0. The maximum Gasteiger partial charge on any atom is 0.407 e. The summed E-state index contributed by atoms with van der Waals surface area (Å²) in [4.78, 5) is 92.7. The van der Waals surface area contributed by atoms with Crippen LogP contribution in [0.1, 0.15) is 17.0 Å². The van der Waals surface area contributed by atoms with Gasteiger partial charge in [-0.1, -0.05) is 48.5 Å². The molecule has 1 aliphatic rings. The van der Waals surface area contributed by atoms with Crippen LogP contribution in [0, 0.1) is 0 Å². The van der Waals surface area contributed by atoms with Gasteiger partial charge in [0.05, 0.1) is 79.3 Å². The summed E-state index contributed by atoms with van der Waals surface area (Å²) in [5.74, 6) is -1.24. The molecule has 3 rings (SSSR count). The molecule has 0 aliphatic heterocycles. The lowest BCUT2D eigenvalue weighted by molar-refractivity contribution is -0.135. The maximum atomic E-state index is 12.3. The Bertz CT molecular complexity index is 1990. The van der Waals surface area contributed by atoms with Crippen molar-refractivity contribution in [3.8, 4) is 11.1 Å². The third-order valence-electron chi connectivity index (χ3n) is 9.59. The normalized spacial score (nSPS) is 11.2. The molecule has 424 valence electrons. The number of amides is 7. The van der Waals surface area contributed by atoms with Gasteiger partial charge < -0.3 is 104 Å². The molecule has 2 aromatic carbocycles. The van der Waals surface area contributed by atoms with Crippen LogP contribution in [0.15, 0.2) is 48.5 Å². The van der Waals surface area contributed by atoms with E-state index in [9.17, 15) is 38.4 Å². The molecule has 1 aliphatic carbocycles. The summed E-state index contributed by atoms with van der Waals surface area (Å²) in [6.07, 6.45) is -4.85. The molecule has 0 heterocycles. The molecule has 2 aromatic rings. The van der Waals surface area contributed by atoms with Gasteiger partial charge in [-0.2, -0.15) is 0 Å². The minimum absolute atomic E-state index is 0.00353. The molecular formula is C47H69N7O22. The Morgan fingerprint density at radius 3 is 0.855 bits per heavy atom. The molecule has 0 bridgehead atoms. The molecule has 0 saturated carbocycles. The van der Waals surface area contributed by atoms with Gasteiger partial charge in [0.25, 0.3) is 0 Å². The van der Waals surface area contributed by atoms with Gasteiger partial charge in [-0.25, -0.2) is 33.6 Å². The van der Waals surface area contributed by atoms with Crippen LogP contribution in [0.2, 0.25) is 0 Å². The predicted octanol–water partition coefficient (Wildman–Crippen LogP) is 1.07. The molecule has 0 unspecified atom stereocenters. The van der Waals surface area contributed by atoms with E-state index < -0.39 is 55.2 Å². The van der Waals surface area contributed by atoms with Crippen molar-refractivity contribution in [1.82, 2.24) is 37.2 Å². The van der Waals surface area contributed by atoms with E-state index in [4.69, 9.17) is 61.9 Å². The smallest absolute Gasteiger partial charge is 0.407 e. The van der Waals surface area contributed by atoms with Gasteiger partial charge >= 0.3 is 48.6 Å². The number of fused-ring (bicyclic) bond motifs is 3. The van der Waals surface area contributed by atoms with Crippen molar-refractivity contribution in [2.75, 3.05) is 171 Å². The molecule has 7 amide bonds. The van der Waals surface area contributed by atoms with E-state index in [-0.39, 0.29) is 171 Å². The highest BCUT2D eigenvalue weighted by Gasteiger charge is 2.29. The van der Waals surface area contributed by atoms with Crippen LogP contribution >= 0.6 is 0 Å². The van der Waals surface area contributed by atoms with Gasteiger partial charge in [0.15, 0.2) is 0 Å². The number of hydrogen-bond acceptors (Lipinski definition) is 21. The summed E-state index contributed by atoms with van der Waals surface area (Å²) >= 11 is 0. The van der Waals surface area contributed by atoms with Crippen LogP contribution in [0.4, 0.5) is 33.6 Å². The Kier molecular flexibility index (Phi) is 33.8. The predicted molar refractivity (Wildman–Crippen MR) is 262 cm³/mol. The highest BCUT2D eigenvalue weighted by molar-refractivity contribution is 5.79. The second-order valence-electron chi connectivity index (χ2n) is 15.1. The lowest BCUT2D eigenvalue weighted by atomic mass is 9.98. The Labute approximate surface area is 438 Å². The highest BCUT2D eigenvalue weighted by atomic mass is 16.6. The van der Waals surface area contributed by atoms with Crippen molar-refractivity contribution in [3.05, 3.63) is 59.7 Å². The number of carboxylic acids is 1. The van der Waals surface area contributed by atoms with Crippen molar-refractivity contribution in [2.45, 2.75) is 5.92 Å². The Balaban J connectivity index is 0.967. The molecule has 0 fully saturated rings. The topological polar surface area (TPSA) is 361 Å². The van der Waals surface area contributed by atoms with Crippen LogP contribution < -0.4 is 37.2 Å². The van der Waals surface area contributed by atoms with E-state index in [1.165, 1.54) is 0 Å². The SMILES string of the molecule is O=C(O)CNC(=O)OCCOCCNC(=O)OCCOCCNC(=O)OCCOCCNC(=O)OCCOCCNC(=O)OCCOCCNC(=O)OCCOCCNC(=O)OCC1c2ccccc2-c2ccccc21. The molecule has 29 heteroatoms. The number of rotatable bonds is 40. The first-order valence-electron chi connectivity index (χ1n) is 24.2. The largest absolute Gasteiger partial charge is 0.480 e. The van der Waals surface area contributed by atoms with E-state index >= 15 is 0 Å². The lowest BCUT2D eigenvalue weighted by Gasteiger charge is -2.14. The molecule has 0 aromatic heterocycles. The molecule has 76 heavy (non-hydrogen) atoms. The van der Waals surface area contributed by atoms with E-state index in [1.54, 1.807) is 0 Å². The average Bonchev–Trinajstić information content (AvgIpc) is 3.75. The first kappa shape index (κ1) is 62.9. The summed E-state index contributed by atoms with van der Waals surface area (Å²) in [7, 11) is 0. The van der Waals surface area contributed by atoms with Crippen LogP contribution in [0.25, 0.3) is 11.1 Å². The van der Waals surface area contributed by atoms with Gasteiger partial charge in [-0.15, -0.1) is 0 Å². The van der Waals surface area contributed by atoms with Gasteiger partial charge in [-0.05, 0) is 22.3 Å². The second-order valence-corrected chi connectivity index (χ2v) is 15.1. The third-order valence-corrected chi connectivity index (χ3v) is 9.59. The monoisotopic (exact) mass is 1080 g/mol. The number of carbonyl (C=O) groups excluding carboxylic acids is 7. The van der Waals surface area contributed by atoms with Gasteiger partial charge in [0.1, 0.15) is 52.8 Å². The van der Waals surface area contributed by atoms with Crippen molar-refractivity contribution >= 4 is 48.6 Å². The number of aliphatic carboxylic acids is 1. The zero-order valence-corrected chi connectivity index (χ0v) is 42.1. The first-order valence-corrected chi connectivity index (χ1v) is 24.2. The van der Waals surface area contributed by atoms with Crippen LogP contribution in [-0.4, -0.2) is 225 Å². The van der Waals surface area contributed by atoms with Crippen molar-refractivity contribution in [3.63, 3.8) is 0 Å². The number of carbonyl (C=O) groups is 8. The molecule has 0 atom stereocenters. The van der Waals surface area contributed by atoms with Gasteiger partial charge in [0.2, 0.25) is 0 Å². The molecule has 0 radical (unpaired) electrons. The quantitative estimate of drug-likeness (QED) is 0.0342. The minimum atomic E-state index is -1.20. The zero-order valence-electron chi connectivity index (χ0n) is 42.1. The van der Waals surface area contributed by atoms with E-state index in [0.717, 1.165) is 22.3 Å². The Hall–Kier alpha value is -7.44. The maximum absolute atomic E-state index is 12.3. The minimum Gasteiger partial charge on any atom is -0.480 e. The summed E-state index contributed by atoms with van der Waals surface area (Å²) in [5, 5.41) is 25.5. The molecule has 29 nitrogen and oxygen atoms in total. The van der Waals surface area contributed by atoms with Crippen LogP contribution in [0.5, 0.6) is 0 Å². The average molecular weight is 1080 g/mol. The highest BCUT2D eigenvalue weighted by Crippen LogP contribution is 2.44. The van der Waals surface area contributed by atoms with E-state index in [1.807, 2.05) is 29.6 Å². The number of ether oxygens (including phenoxy) is 13. The van der Waals surface area contributed by atoms with Gasteiger partial charge in [0, 0.05) is 45.2 Å². The summed E-state index contributed by atoms with van der Waals surface area (Å²) in [6, 6.07) is 16.2. The van der Waals surface area contributed by atoms with Gasteiger partial charge in [-0.3, -0.25) is 4.79 Å². The lowest BCUT2D eigenvalue weighted by Crippen LogP contribution is -2.31. The third kappa shape index (κ3) is 30.7. The Morgan fingerprint density at radius 1 is 0.329 bits per heavy atom. The summed E-state index contributed by atoms with van der Waals surface area (Å²) in [6.45, 7) is 1.70. The van der Waals surface area contributed by atoms with E-state index in [0.29, 0.717) is 0 Å². The van der Waals surface area contributed by atoms with Crippen LogP contribution in [-0.2, 0) is 66.4 Å². The number of benzene rings is 2. The molecule has 0 spiro atoms. The fourth-order valence-corrected chi connectivity index (χ4v) is 6.23. The fourth-order valence-electron chi connectivity index (χ4n) is 6.23. The summed E-state index contributed by atoms with van der Waals surface area (Å²) in [5.41, 5.74) is 4.55. The molecular weight excluding hydrogens is 1010 g/mol. The standard InChI is InChI=1S/C47H69N7O22/c55-40(56)33-54-47(63)75-32-26-68-19-13-52-45(61)73-30-24-66-17-11-50-43(59)71-28-22-64-15-9-48-41(57)70-27-21-65-16-10-49-42(58)72-29-23-67-18-12-51-44(60)74-31-25-69-20-14-53-46(62)76-34-39-37-7-3-1-5-35(37)36-6-2-4-8-38(36)39/h1-8,39H,9-34H2,(H,48,57)(H,49,58)(H,50,59)(H,51,60)(H,52,61)(H,53,62)(H,54,63)(H,55,56). The Morgan fingerprint density at radius 2 is 0.579 bits per heavy atom. The van der Waals surface area contributed by atoms with E-state index in [2.05, 4.69) is 60.9 Å². The van der Waals surface area contributed by atoms with Crippen LogP contribution in [0.3, 0.4) is 0 Å². The second kappa shape index (κ2) is 40.9. The summed E-state index contributed by atoms with van der Waals surface area (Å²) < 4.78 is 66.8. The number of hydrogen-bond donors (Lipinski definition) is 8. The van der Waals surface area contributed by atoms with Crippen molar-refractivity contribution < 1.29 is 105 Å². The molecule has 8 N–H and O–H groups in total. The fraction of sp³-hybridized carbons (Fsp3) is 0.574. The number of alkyl carbamates (subject to hydrolysis) is 7. The zero-order chi connectivity index (χ0) is 54.7. The number of nitrogens with one attached hydrogen (secondary N) is 7.